The van der Waals surface area contributed by atoms with Crippen molar-refractivity contribution in [2.75, 3.05) is 0 Å². The van der Waals surface area contributed by atoms with Crippen molar-refractivity contribution >= 4 is 11.6 Å². The van der Waals surface area contributed by atoms with Gasteiger partial charge in [0, 0.05) is 6.42 Å². The van der Waals surface area contributed by atoms with Crippen LogP contribution in [-0.2, 0) is 13.0 Å². The van der Waals surface area contributed by atoms with Crippen molar-refractivity contribution in [2.24, 2.45) is 0 Å². The molecule has 18 heavy (non-hydrogen) atoms. The van der Waals surface area contributed by atoms with Crippen molar-refractivity contribution < 1.29 is 4.74 Å². The minimum absolute atomic E-state index is 0.0695. The monoisotopic (exact) mass is 264 g/mol. The lowest BCUT2D eigenvalue weighted by Gasteiger charge is -2.12. The second-order valence-corrected chi connectivity index (χ2v) is 5.04. The number of benzene rings is 1. The summed E-state index contributed by atoms with van der Waals surface area (Å²) in [4.78, 5) is 0. The van der Waals surface area contributed by atoms with Crippen LogP contribution < -0.4 is 4.74 Å². The predicted octanol–water partition coefficient (Wildman–Crippen LogP) is 1.98. The average molecular weight is 265 g/mol. The first kappa shape index (κ1) is 11.5. The summed E-state index contributed by atoms with van der Waals surface area (Å²) in [7, 11) is 0. The van der Waals surface area contributed by atoms with Crippen LogP contribution in [0.3, 0.4) is 0 Å². The summed E-state index contributed by atoms with van der Waals surface area (Å²) in [5, 5.41) is 11.3. The first-order chi connectivity index (χ1) is 8.74. The molecule has 3 rings (SSSR count). The number of tetrazole rings is 1. The Bertz CT molecular complexity index is 530. The molecule has 1 aromatic carbocycles. The van der Waals surface area contributed by atoms with E-state index in [4.69, 9.17) is 16.3 Å². The summed E-state index contributed by atoms with van der Waals surface area (Å²) < 4.78 is 7.57. The van der Waals surface area contributed by atoms with Gasteiger partial charge in [-0.25, -0.2) is 4.68 Å². The van der Waals surface area contributed by atoms with E-state index in [-0.39, 0.29) is 11.5 Å². The summed E-state index contributed by atoms with van der Waals surface area (Å²) in [6.45, 7) is 2.47. The zero-order valence-corrected chi connectivity index (χ0v) is 10.7. The fourth-order valence-electron chi connectivity index (χ4n) is 2.18. The normalized spacial score (nSPS) is 19.3. The SMILES string of the molecule is CC(Cl)c1nnnn1CC1Cc2ccccc2O1. The lowest BCUT2D eigenvalue weighted by molar-refractivity contribution is 0.200. The third-order valence-electron chi connectivity index (χ3n) is 3.01. The Morgan fingerprint density at radius 3 is 3.11 bits per heavy atom. The molecule has 2 aromatic rings. The molecular formula is C12H13ClN4O. The van der Waals surface area contributed by atoms with Crippen LogP contribution in [0.25, 0.3) is 0 Å². The van der Waals surface area contributed by atoms with Gasteiger partial charge in [0.05, 0.1) is 11.9 Å². The topological polar surface area (TPSA) is 52.8 Å². The minimum Gasteiger partial charge on any atom is -0.488 e. The fraction of sp³-hybridized carbons (Fsp3) is 0.417. The molecule has 0 radical (unpaired) electrons. The van der Waals surface area contributed by atoms with E-state index in [2.05, 4.69) is 21.6 Å². The van der Waals surface area contributed by atoms with Gasteiger partial charge >= 0.3 is 0 Å². The summed E-state index contributed by atoms with van der Waals surface area (Å²) in [6.07, 6.45) is 0.951. The number of hydrogen-bond donors (Lipinski definition) is 0. The van der Waals surface area contributed by atoms with Crippen LogP contribution in [0.1, 0.15) is 23.7 Å². The first-order valence-corrected chi connectivity index (χ1v) is 6.32. The molecule has 2 heterocycles. The van der Waals surface area contributed by atoms with E-state index in [1.54, 1.807) is 4.68 Å². The van der Waals surface area contributed by atoms with Crippen molar-refractivity contribution in [3.05, 3.63) is 35.7 Å². The van der Waals surface area contributed by atoms with Gasteiger partial charge in [-0.05, 0) is 29.0 Å². The highest BCUT2D eigenvalue weighted by molar-refractivity contribution is 6.20. The van der Waals surface area contributed by atoms with E-state index in [1.165, 1.54) is 5.56 Å². The van der Waals surface area contributed by atoms with Crippen molar-refractivity contribution in [1.82, 2.24) is 20.2 Å². The van der Waals surface area contributed by atoms with E-state index >= 15 is 0 Å². The Morgan fingerprint density at radius 2 is 2.33 bits per heavy atom. The van der Waals surface area contributed by atoms with E-state index in [1.807, 2.05) is 25.1 Å². The molecule has 0 N–H and O–H groups in total. The summed E-state index contributed by atoms with van der Waals surface area (Å²) in [5.74, 6) is 1.63. The van der Waals surface area contributed by atoms with Crippen LogP contribution in [0.5, 0.6) is 5.75 Å². The van der Waals surface area contributed by atoms with Crippen LogP contribution in [0.4, 0.5) is 0 Å². The number of nitrogens with zero attached hydrogens (tertiary/aromatic N) is 4. The number of halogens is 1. The molecule has 0 saturated carbocycles. The van der Waals surface area contributed by atoms with Gasteiger partial charge in [0.1, 0.15) is 11.9 Å². The van der Waals surface area contributed by atoms with Crippen molar-refractivity contribution in [1.29, 1.82) is 0 Å². The van der Waals surface area contributed by atoms with Crippen LogP contribution in [0.15, 0.2) is 24.3 Å². The maximum Gasteiger partial charge on any atom is 0.168 e. The van der Waals surface area contributed by atoms with Crippen molar-refractivity contribution in [3.63, 3.8) is 0 Å². The zero-order valence-electron chi connectivity index (χ0n) is 9.95. The van der Waals surface area contributed by atoms with E-state index in [0.29, 0.717) is 12.4 Å². The van der Waals surface area contributed by atoms with Gasteiger partial charge in [-0.3, -0.25) is 0 Å². The average Bonchev–Trinajstić information content (AvgIpc) is 2.94. The molecule has 1 aliphatic rings. The molecule has 1 aliphatic heterocycles. The van der Waals surface area contributed by atoms with E-state index in [0.717, 1.165) is 12.2 Å². The van der Waals surface area contributed by atoms with Gasteiger partial charge in [0.15, 0.2) is 5.82 Å². The Labute approximate surface area is 110 Å². The third kappa shape index (κ3) is 2.06. The summed E-state index contributed by atoms with van der Waals surface area (Å²) in [6, 6.07) is 8.07. The number of hydrogen-bond acceptors (Lipinski definition) is 4. The molecule has 0 aliphatic carbocycles. The minimum atomic E-state index is -0.205. The Balaban J connectivity index is 1.74. The number of alkyl halides is 1. The molecule has 0 bridgehead atoms. The molecule has 94 valence electrons. The smallest absolute Gasteiger partial charge is 0.168 e. The molecule has 2 unspecified atom stereocenters. The van der Waals surface area contributed by atoms with E-state index in [9.17, 15) is 0 Å². The van der Waals surface area contributed by atoms with Crippen molar-refractivity contribution in [3.8, 4) is 5.75 Å². The number of rotatable bonds is 3. The molecule has 0 spiro atoms. The lowest BCUT2D eigenvalue weighted by Crippen LogP contribution is -2.23. The highest BCUT2D eigenvalue weighted by Crippen LogP contribution is 2.29. The van der Waals surface area contributed by atoms with Gasteiger partial charge in [0.25, 0.3) is 0 Å². The predicted molar refractivity (Wildman–Crippen MR) is 66.6 cm³/mol. The number of aromatic nitrogens is 4. The molecule has 0 fully saturated rings. The third-order valence-corrected chi connectivity index (χ3v) is 3.20. The van der Waals surface area contributed by atoms with Crippen LogP contribution in [0.2, 0.25) is 0 Å². The Kier molecular flexibility index (Phi) is 2.91. The summed E-state index contributed by atoms with van der Waals surface area (Å²) >= 11 is 6.02. The van der Waals surface area contributed by atoms with Gasteiger partial charge < -0.3 is 4.74 Å². The highest BCUT2D eigenvalue weighted by Gasteiger charge is 2.24. The maximum atomic E-state index is 6.02. The molecule has 0 amide bonds. The lowest BCUT2D eigenvalue weighted by atomic mass is 10.1. The first-order valence-electron chi connectivity index (χ1n) is 5.88. The number of ether oxygens (including phenoxy) is 1. The molecule has 2 atom stereocenters. The molecule has 0 saturated heterocycles. The largest absolute Gasteiger partial charge is 0.488 e. The Morgan fingerprint density at radius 1 is 1.50 bits per heavy atom. The quantitative estimate of drug-likeness (QED) is 0.796. The van der Waals surface area contributed by atoms with Gasteiger partial charge in [0.2, 0.25) is 0 Å². The molecule has 6 heteroatoms. The second kappa shape index (κ2) is 4.57. The molecular weight excluding hydrogens is 252 g/mol. The molecule has 1 aromatic heterocycles. The van der Waals surface area contributed by atoms with Gasteiger partial charge in [-0.15, -0.1) is 16.7 Å². The Hall–Kier alpha value is -1.62. The van der Waals surface area contributed by atoms with Crippen LogP contribution in [0, 0.1) is 0 Å². The van der Waals surface area contributed by atoms with Crippen LogP contribution in [-0.4, -0.2) is 26.3 Å². The van der Waals surface area contributed by atoms with Crippen LogP contribution >= 0.6 is 11.6 Å². The number of para-hydroxylation sites is 1. The van der Waals surface area contributed by atoms with E-state index < -0.39 is 0 Å². The number of fused-ring (bicyclic) bond motifs is 1. The second-order valence-electron chi connectivity index (χ2n) is 4.39. The maximum absolute atomic E-state index is 6.02. The van der Waals surface area contributed by atoms with Crippen molar-refractivity contribution in [2.45, 2.75) is 31.4 Å². The van der Waals surface area contributed by atoms with Gasteiger partial charge in [-0.1, -0.05) is 18.2 Å². The standard InChI is InChI=1S/C12H13ClN4O/c1-8(13)12-14-15-16-17(12)7-10-6-9-4-2-3-5-11(9)18-10/h2-5,8,10H,6-7H2,1H3. The fourth-order valence-corrected chi connectivity index (χ4v) is 2.33. The zero-order chi connectivity index (χ0) is 12.5. The summed E-state index contributed by atoms with van der Waals surface area (Å²) in [5.41, 5.74) is 1.23. The highest BCUT2D eigenvalue weighted by atomic mass is 35.5. The van der Waals surface area contributed by atoms with Gasteiger partial charge in [-0.2, -0.15) is 0 Å². The molecule has 5 nitrogen and oxygen atoms in total.